The Hall–Kier alpha value is -0.383. The molecule has 0 heterocycles. The standard InChI is InChI=1S/C11H23FO2Si/c1-8(10(13)14-5)9(11(2,3)4)15(6,7)12/h8-9H,1-7H3/t8-,9-/m1/s1. The van der Waals surface area contributed by atoms with Gasteiger partial charge in [0.25, 0.3) is 0 Å². The van der Waals surface area contributed by atoms with E-state index in [2.05, 4.69) is 0 Å². The highest BCUT2D eigenvalue weighted by Gasteiger charge is 2.46. The molecule has 0 rings (SSSR count). The van der Waals surface area contributed by atoms with Gasteiger partial charge in [-0.1, -0.05) is 27.7 Å². The van der Waals surface area contributed by atoms with Crippen LogP contribution in [0.15, 0.2) is 0 Å². The van der Waals surface area contributed by atoms with Crippen LogP contribution in [0.2, 0.25) is 18.6 Å². The van der Waals surface area contributed by atoms with Gasteiger partial charge < -0.3 is 8.84 Å². The second-order valence-electron chi connectivity index (χ2n) is 5.72. The smallest absolute Gasteiger partial charge is 0.308 e. The Kier molecular flexibility index (Phi) is 4.52. The van der Waals surface area contributed by atoms with Crippen LogP contribution in [0.4, 0.5) is 4.11 Å². The fourth-order valence-corrected chi connectivity index (χ4v) is 6.08. The molecule has 2 nitrogen and oxygen atoms in total. The van der Waals surface area contributed by atoms with Crippen molar-refractivity contribution in [2.24, 2.45) is 11.3 Å². The lowest BCUT2D eigenvalue weighted by Gasteiger charge is -2.39. The van der Waals surface area contributed by atoms with Crippen LogP contribution in [0.25, 0.3) is 0 Å². The van der Waals surface area contributed by atoms with Gasteiger partial charge in [0.15, 0.2) is 0 Å². The van der Waals surface area contributed by atoms with Gasteiger partial charge in [-0.3, -0.25) is 4.79 Å². The van der Waals surface area contributed by atoms with Crippen molar-refractivity contribution >= 4 is 14.4 Å². The van der Waals surface area contributed by atoms with E-state index >= 15 is 0 Å². The number of hydrogen-bond donors (Lipinski definition) is 0. The monoisotopic (exact) mass is 234 g/mol. The zero-order valence-corrected chi connectivity index (χ0v) is 11.8. The molecule has 2 atom stereocenters. The summed E-state index contributed by atoms with van der Waals surface area (Å²) in [6.07, 6.45) is 0. The Morgan fingerprint density at radius 3 is 1.93 bits per heavy atom. The highest BCUT2D eigenvalue weighted by atomic mass is 28.4. The maximum Gasteiger partial charge on any atom is 0.308 e. The zero-order chi connectivity index (χ0) is 12.4. The number of rotatable bonds is 3. The number of hydrogen-bond acceptors (Lipinski definition) is 2. The zero-order valence-electron chi connectivity index (χ0n) is 10.8. The molecule has 0 unspecified atom stereocenters. The predicted molar refractivity (Wildman–Crippen MR) is 63.0 cm³/mol. The molecule has 0 aliphatic heterocycles. The number of carbonyl (C=O) groups is 1. The summed E-state index contributed by atoms with van der Waals surface area (Å²) in [5.41, 5.74) is -0.435. The molecule has 0 amide bonds. The Balaban J connectivity index is 5.06. The average Bonchev–Trinajstić information content (AvgIpc) is 1.97. The van der Waals surface area contributed by atoms with E-state index in [1.165, 1.54) is 7.11 Å². The topological polar surface area (TPSA) is 26.3 Å². The molecule has 4 heteroatoms. The van der Waals surface area contributed by atoms with Gasteiger partial charge in [0.05, 0.1) is 13.0 Å². The number of carbonyl (C=O) groups excluding carboxylic acids is 1. The molecule has 0 fully saturated rings. The van der Waals surface area contributed by atoms with Gasteiger partial charge in [0, 0.05) is 5.54 Å². The van der Waals surface area contributed by atoms with Crippen LogP contribution in [0.1, 0.15) is 27.7 Å². The summed E-state index contributed by atoms with van der Waals surface area (Å²) in [5.74, 6) is -0.685. The van der Waals surface area contributed by atoms with Gasteiger partial charge in [-0.15, -0.1) is 0 Å². The Bertz CT molecular complexity index is 214. The number of ether oxygens (including phenoxy) is 1. The van der Waals surface area contributed by atoms with E-state index in [1.807, 2.05) is 20.8 Å². The maximum atomic E-state index is 14.2. The van der Waals surface area contributed by atoms with E-state index in [0.717, 1.165) is 0 Å². The van der Waals surface area contributed by atoms with Crippen molar-refractivity contribution in [3.8, 4) is 0 Å². The van der Waals surface area contributed by atoms with E-state index < -0.39 is 8.41 Å². The van der Waals surface area contributed by atoms with Gasteiger partial charge in [-0.25, -0.2) is 0 Å². The van der Waals surface area contributed by atoms with Gasteiger partial charge in [0.2, 0.25) is 8.41 Å². The van der Waals surface area contributed by atoms with Crippen molar-refractivity contribution in [1.82, 2.24) is 0 Å². The second-order valence-corrected chi connectivity index (χ2v) is 9.47. The lowest BCUT2D eigenvalue weighted by atomic mass is 9.84. The highest BCUT2D eigenvalue weighted by Crippen LogP contribution is 2.45. The quantitative estimate of drug-likeness (QED) is 0.425. The minimum absolute atomic E-state index is 0.210. The Morgan fingerprint density at radius 1 is 1.33 bits per heavy atom. The first-order valence-electron chi connectivity index (χ1n) is 5.28. The summed E-state index contributed by atoms with van der Waals surface area (Å²) in [7, 11) is -1.51. The molecular weight excluding hydrogens is 211 g/mol. The fraction of sp³-hybridized carbons (Fsp3) is 0.909. The van der Waals surface area contributed by atoms with Crippen molar-refractivity contribution in [3.05, 3.63) is 0 Å². The summed E-state index contributed by atoms with van der Waals surface area (Å²) in [6, 6.07) is 0. The van der Waals surface area contributed by atoms with Gasteiger partial charge in [0.1, 0.15) is 0 Å². The highest BCUT2D eigenvalue weighted by molar-refractivity contribution is 6.72. The third-order valence-corrected chi connectivity index (χ3v) is 5.59. The van der Waals surface area contributed by atoms with Crippen LogP contribution >= 0.6 is 0 Å². The molecule has 0 radical (unpaired) electrons. The molecular formula is C11H23FO2Si. The van der Waals surface area contributed by atoms with E-state index in [-0.39, 0.29) is 22.8 Å². The molecule has 0 aromatic rings. The summed E-state index contributed by atoms with van der Waals surface area (Å²) in [4.78, 5) is 11.5. The molecule has 0 aliphatic rings. The lowest BCUT2D eigenvalue weighted by Crippen LogP contribution is -2.42. The van der Waals surface area contributed by atoms with Crippen LogP contribution in [-0.4, -0.2) is 21.5 Å². The molecule has 0 aromatic carbocycles. The second kappa shape index (κ2) is 4.64. The van der Waals surface area contributed by atoms with E-state index in [4.69, 9.17) is 4.74 Å². The number of halogens is 1. The first kappa shape index (κ1) is 14.6. The van der Waals surface area contributed by atoms with Crippen molar-refractivity contribution in [2.45, 2.75) is 46.3 Å². The van der Waals surface area contributed by atoms with Gasteiger partial charge >= 0.3 is 5.97 Å². The SMILES string of the molecule is COC(=O)[C@H](C)[C@H](C(C)(C)C)[Si](C)(C)F. The van der Waals surface area contributed by atoms with Crippen LogP contribution in [0.5, 0.6) is 0 Å². The molecule has 90 valence electrons. The normalized spacial score (nSPS) is 17.1. The minimum atomic E-state index is -2.87. The summed E-state index contributed by atoms with van der Waals surface area (Å²) in [5, 5.41) is 0. The lowest BCUT2D eigenvalue weighted by molar-refractivity contribution is -0.145. The van der Waals surface area contributed by atoms with Crippen LogP contribution in [0.3, 0.4) is 0 Å². The molecule has 0 bridgehead atoms. The summed E-state index contributed by atoms with van der Waals surface area (Å²) >= 11 is 0. The molecule has 0 N–H and O–H groups in total. The molecule has 15 heavy (non-hydrogen) atoms. The predicted octanol–water partition coefficient (Wildman–Crippen LogP) is 3.39. The van der Waals surface area contributed by atoms with Crippen molar-refractivity contribution < 1.29 is 13.6 Å². The van der Waals surface area contributed by atoms with Crippen LogP contribution < -0.4 is 0 Å². The number of esters is 1. The van der Waals surface area contributed by atoms with Crippen LogP contribution in [-0.2, 0) is 9.53 Å². The maximum absolute atomic E-state index is 14.2. The Labute approximate surface area is 93.4 Å². The Morgan fingerprint density at radius 2 is 1.73 bits per heavy atom. The van der Waals surface area contributed by atoms with Crippen molar-refractivity contribution in [1.29, 1.82) is 0 Å². The number of methoxy groups -OCH3 is 1. The van der Waals surface area contributed by atoms with E-state index in [9.17, 15) is 8.90 Å². The average molecular weight is 234 g/mol. The van der Waals surface area contributed by atoms with Crippen molar-refractivity contribution in [3.63, 3.8) is 0 Å². The molecule has 0 spiro atoms. The van der Waals surface area contributed by atoms with Gasteiger partial charge in [-0.2, -0.15) is 0 Å². The molecule has 0 saturated carbocycles. The van der Waals surface area contributed by atoms with E-state index in [1.54, 1.807) is 20.0 Å². The van der Waals surface area contributed by atoms with Crippen LogP contribution in [0, 0.1) is 11.3 Å². The first-order chi connectivity index (χ1) is 6.51. The fourth-order valence-electron chi connectivity index (χ4n) is 2.70. The minimum Gasteiger partial charge on any atom is -0.469 e. The van der Waals surface area contributed by atoms with E-state index in [0.29, 0.717) is 0 Å². The molecule has 0 aliphatic carbocycles. The summed E-state index contributed by atoms with van der Waals surface area (Å²) in [6.45, 7) is 11.0. The summed E-state index contributed by atoms with van der Waals surface area (Å²) < 4.78 is 18.9. The largest absolute Gasteiger partial charge is 0.469 e. The molecule has 0 aromatic heterocycles. The molecule has 0 saturated heterocycles. The van der Waals surface area contributed by atoms with Gasteiger partial charge in [-0.05, 0) is 18.5 Å². The van der Waals surface area contributed by atoms with Crippen molar-refractivity contribution in [2.75, 3.05) is 7.11 Å². The third-order valence-electron chi connectivity index (χ3n) is 2.75. The third kappa shape index (κ3) is 3.93. The first-order valence-corrected chi connectivity index (χ1v) is 8.24.